The highest BCUT2D eigenvalue weighted by molar-refractivity contribution is 5.67. The first-order chi connectivity index (χ1) is 11.7. The van der Waals surface area contributed by atoms with Crippen molar-refractivity contribution in [3.63, 3.8) is 0 Å². The third-order valence-corrected chi connectivity index (χ3v) is 3.27. The zero-order valence-corrected chi connectivity index (χ0v) is 13.0. The summed E-state index contributed by atoms with van der Waals surface area (Å²) >= 11 is 0. The van der Waals surface area contributed by atoms with E-state index in [-0.39, 0.29) is 11.8 Å². The van der Waals surface area contributed by atoms with E-state index in [1.165, 1.54) is 18.4 Å². The first-order valence-corrected chi connectivity index (χ1v) is 7.34. The Balaban J connectivity index is 2.07. The number of anilines is 3. The van der Waals surface area contributed by atoms with Crippen molar-refractivity contribution in [3.8, 4) is 5.75 Å². The molecule has 124 valence electrons. The Bertz CT molecular complexity index is 810. The SMILES string of the molecule is CCOc1cc(F)ccc1N(Cc1cnoc1)c1ccnc(N)n1. The zero-order chi connectivity index (χ0) is 16.9. The van der Waals surface area contributed by atoms with Crippen molar-refractivity contribution >= 4 is 17.5 Å². The molecule has 0 fully saturated rings. The lowest BCUT2D eigenvalue weighted by Gasteiger charge is -2.25. The maximum absolute atomic E-state index is 13.6. The fraction of sp³-hybridized carbons (Fsp3) is 0.188. The Morgan fingerprint density at radius 3 is 2.92 bits per heavy atom. The molecule has 0 bridgehead atoms. The first-order valence-electron chi connectivity index (χ1n) is 7.34. The van der Waals surface area contributed by atoms with Crippen molar-refractivity contribution < 1.29 is 13.7 Å². The Hall–Kier alpha value is -3.16. The van der Waals surface area contributed by atoms with Gasteiger partial charge in [0.1, 0.15) is 23.6 Å². The van der Waals surface area contributed by atoms with Crippen molar-refractivity contribution in [3.05, 3.63) is 54.3 Å². The predicted molar refractivity (Wildman–Crippen MR) is 86.4 cm³/mol. The minimum absolute atomic E-state index is 0.142. The van der Waals surface area contributed by atoms with E-state index in [0.29, 0.717) is 30.4 Å². The molecule has 24 heavy (non-hydrogen) atoms. The van der Waals surface area contributed by atoms with Crippen LogP contribution in [0.1, 0.15) is 12.5 Å². The average molecular weight is 329 g/mol. The van der Waals surface area contributed by atoms with Crippen LogP contribution in [-0.4, -0.2) is 21.7 Å². The lowest BCUT2D eigenvalue weighted by Crippen LogP contribution is -2.19. The molecule has 7 nitrogen and oxygen atoms in total. The Morgan fingerprint density at radius 2 is 2.21 bits per heavy atom. The molecule has 0 radical (unpaired) electrons. The molecule has 0 aliphatic heterocycles. The van der Waals surface area contributed by atoms with Gasteiger partial charge in [-0.3, -0.25) is 0 Å². The molecule has 1 aromatic carbocycles. The topological polar surface area (TPSA) is 90.3 Å². The summed E-state index contributed by atoms with van der Waals surface area (Å²) in [5.74, 6) is 0.722. The number of aromatic nitrogens is 3. The van der Waals surface area contributed by atoms with Crippen LogP contribution in [0.4, 0.5) is 21.8 Å². The third-order valence-electron chi connectivity index (χ3n) is 3.27. The second kappa shape index (κ2) is 6.95. The highest BCUT2D eigenvalue weighted by atomic mass is 19.1. The Morgan fingerprint density at radius 1 is 1.33 bits per heavy atom. The number of benzene rings is 1. The molecule has 2 aromatic heterocycles. The number of hydrogen-bond donors (Lipinski definition) is 1. The van der Waals surface area contributed by atoms with Crippen LogP contribution >= 0.6 is 0 Å². The van der Waals surface area contributed by atoms with Gasteiger partial charge in [0.05, 0.1) is 25.0 Å². The molecule has 8 heteroatoms. The molecule has 0 aliphatic rings. The largest absolute Gasteiger partial charge is 0.492 e. The van der Waals surface area contributed by atoms with Crippen LogP contribution in [0, 0.1) is 5.82 Å². The van der Waals surface area contributed by atoms with Gasteiger partial charge in [-0.1, -0.05) is 5.16 Å². The van der Waals surface area contributed by atoms with Gasteiger partial charge in [0, 0.05) is 17.8 Å². The summed E-state index contributed by atoms with van der Waals surface area (Å²) in [6.45, 7) is 2.64. The number of hydrogen-bond acceptors (Lipinski definition) is 7. The number of halogens is 1. The van der Waals surface area contributed by atoms with Crippen molar-refractivity contribution in [2.75, 3.05) is 17.2 Å². The maximum atomic E-state index is 13.6. The number of nitrogens with two attached hydrogens (primary N) is 1. The van der Waals surface area contributed by atoms with E-state index in [1.807, 2.05) is 11.8 Å². The Labute approximate surface area is 137 Å². The van der Waals surface area contributed by atoms with Crippen molar-refractivity contribution in [1.82, 2.24) is 15.1 Å². The van der Waals surface area contributed by atoms with Gasteiger partial charge in [-0.05, 0) is 25.1 Å². The second-order valence-electron chi connectivity index (χ2n) is 4.94. The third kappa shape index (κ3) is 3.43. The molecule has 0 aliphatic carbocycles. The highest BCUT2D eigenvalue weighted by Gasteiger charge is 2.18. The molecule has 2 heterocycles. The van der Waals surface area contributed by atoms with Gasteiger partial charge >= 0.3 is 0 Å². The van der Waals surface area contributed by atoms with Crippen LogP contribution in [0.3, 0.4) is 0 Å². The van der Waals surface area contributed by atoms with E-state index in [1.54, 1.807) is 24.5 Å². The van der Waals surface area contributed by atoms with Crippen LogP contribution in [0.5, 0.6) is 5.75 Å². The van der Waals surface area contributed by atoms with Crippen LogP contribution < -0.4 is 15.4 Å². The van der Waals surface area contributed by atoms with E-state index < -0.39 is 0 Å². The van der Waals surface area contributed by atoms with Crippen LogP contribution in [0.2, 0.25) is 0 Å². The van der Waals surface area contributed by atoms with Crippen LogP contribution in [-0.2, 0) is 6.54 Å². The normalized spacial score (nSPS) is 10.6. The summed E-state index contributed by atoms with van der Waals surface area (Å²) in [6.07, 6.45) is 4.69. The predicted octanol–water partition coefficient (Wildman–Crippen LogP) is 2.92. The van der Waals surface area contributed by atoms with E-state index >= 15 is 0 Å². The van der Waals surface area contributed by atoms with E-state index in [2.05, 4.69) is 15.1 Å². The number of nitrogen functional groups attached to an aromatic ring is 1. The summed E-state index contributed by atoms with van der Waals surface area (Å²) in [7, 11) is 0. The maximum Gasteiger partial charge on any atom is 0.221 e. The molecule has 0 atom stereocenters. The van der Waals surface area contributed by atoms with Gasteiger partial charge < -0.3 is 19.9 Å². The molecular formula is C16H16FN5O2. The molecule has 2 N–H and O–H groups in total. The van der Waals surface area contributed by atoms with Crippen molar-refractivity contribution in [2.45, 2.75) is 13.5 Å². The minimum Gasteiger partial charge on any atom is -0.492 e. The number of ether oxygens (including phenoxy) is 1. The van der Waals surface area contributed by atoms with E-state index in [4.69, 9.17) is 15.0 Å². The smallest absolute Gasteiger partial charge is 0.221 e. The molecule has 0 spiro atoms. The van der Waals surface area contributed by atoms with E-state index in [0.717, 1.165) is 5.56 Å². The molecule has 0 unspecified atom stereocenters. The van der Waals surface area contributed by atoms with Crippen LogP contribution in [0.25, 0.3) is 0 Å². The molecule has 0 saturated heterocycles. The monoisotopic (exact) mass is 329 g/mol. The number of rotatable bonds is 6. The zero-order valence-electron chi connectivity index (χ0n) is 13.0. The van der Waals surface area contributed by atoms with E-state index in [9.17, 15) is 4.39 Å². The number of nitrogens with zero attached hydrogens (tertiary/aromatic N) is 4. The van der Waals surface area contributed by atoms with Gasteiger partial charge in [-0.25, -0.2) is 9.37 Å². The Kier molecular flexibility index (Phi) is 4.55. The van der Waals surface area contributed by atoms with Gasteiger partial charge in [0.15, 0.2) is 0 Å². The molecule has 0 amide bonds. The fourth-order valence-corrected chi connectivity index (χ4v) is 2.27. The van der Waals surface area contributed by atoms with Gasteiger partial charge in [-0.2, -0.15) is 4.98 Å². The van der Waals surface area contributed by atoms with Gasteiger partial charge in [-0.15, -0.1) is 0 Å². The van der Waals surface area contributed by atoms with Crippen LogP contribution in [0.15, 0.2) is 47.4 Å². The summed E-state index contributed by atoms with van der Waals surface area (Å²) in [5.41, 5.74) is 7.17. The highest BCUT2D eigenvalue weighted by Crippen LogP contribution is 2.35. The lowest BCUT2D eigenvalue weighted by atomic mass is 10.2. The standard InChI is InChI=1S/C16H16FN5O2/c1-2-23-14-7-12(17)3-4-13(14)22(9-11-8-20-24-10-11)15-5-6-19-16(18)21-15/h3-8,10H,2,9H2,1H3,(H2,18,19,21). The summed E-state index contributed by atoms with van der Waals surface area (Å²) < 4.78 is 24.1. The second-order valence-corrected chi connectivity index (χ2v) is 4.94. The molecule has 3 aromatic rings. The first kappa shape index (κ1) is 15.7. The molecule has 3 rings (SSSR count). The van der Waals surface area contributed by atoms with Crippen molar-refractivity contribution in [1.29, 1.82) is 0 Å². The van der Waals surface area contributed by atoms with Gasteiger partial charge in [0.25, 0.3) is 0 Å². The lowest BCUT2D eigenvalue weighted by molar-refractivity contribution is 0.339. The fourth-order valence-electron chi connectivity index (χ4n) is 2.27. The summed E-state index contributed by atoms with van der Waals surface area (Å²) in [4.78, 5) is 9.98. The quantitative estimate of drug-likeness (QED) is 0.743. The average Bonchev–Trinajstić information content (AvgIpc) is 3.07. The van der Waals surface area contributed by atoms with Crippen molar-refractivity contribution in [2.24, 2.45) is 0 Å². The van der Waals surface area contributed by atoms with Gasteiger partial charge in [0.2, 0.25) is 5.95 Å². The minimum atomic E-state index is -0.380. The molecular weight excluding hydrogens is 313 g/mol. The summed E-state index contributed by atoms with van der Waals surface area (Å²) in [6, 6.07) is 6.04. The summed E-state index contributed by atoms with van der Waals surface area (Å²) in [5, 5.41) is 3.70. The molecule has 0 saturated carbocycles.